The van der Waals surface area contributed by atoms with Crippen molar-refractivity contribution in [2.24, 2.45) is 0 Å². The molecular weight excluding hydrogens is 547 g/mol. The lowest BCUT2D eigenvalue weighted by Crippen LogP contribution is -2.22. The first-order valence-corrected chi connectivity index (χ1v) is 14.5. The maximum absolute atomic E-state index is 15.3. The first-order valence-electron chi connectivity index (χ1n) is 12.8. The number of aryl methyl sites for hydroxylation is 1. The van der Waals surface area contributed by atoms with Gasteiger partial charge >= 0.3 is 0 Å². The average molecular weight is 577 g/mol. The number of nitrogens with one attached hydrogen (secondary N) is 1. The van der Waals surface area contributed by atoms with Crippen LogP contribution in [0.25, 0.3) is 10.9 Å². The lowest BCUT2D eigenvalue weighted by Gasteiger charge is -2.18. The predicted molar refractivity (Wildman–Crippen MR) is 152 cm³/mol. The van der Waals surface area contributed by atoms with Gasteiger partial charge in [-0.2, -0.15) is 10.2 Å². The van der Waals surface area contributed by atoms with Gasteiger partial charge in [0, 0.05) is 30.2 Å². The molecule has 3 aromatic heterocycles. The van der Waals surface area contributed by atoms with E-state index in [1.54, 1.807) is 54.5 Å². The molecule has 1 amide bonds. The lowest BCUT2D eigenvalue weighted by atomic mass is 10.1. The van der Waals surface area contributed by atoms with E-state index in [1.165, 1.54) is 35.3 Å². The summed E-state index contributed by atoms with van der Waals surface area (Å²) in [4.78, 5) is 17.0. The van der Waals surface area contributed by atoms with Crippen molar-refractivity contribution in [1.29, 1.82) is 0 Å². The first-order chi connectivity index (χ1) is 19.4. The van der Waals surface area contributed by atoms with Crippen LogP contribution in [0.5, 0.6) is 11.5 Å². The van der Waals surface area contributed by atoms with Crippen LogP contribution in [0.4, 0.5) is 10.1 Å². The SMILES string of the molecule is Cc1cc(CC(=O)Nc2cnn(C(C)(C)C)c2)cc(F)c1Oc1ccnc2ccc(S(=O)(=O)Cn3cccn3)cc12. The van der Waals surface area contributed by atoms with Gasteiger partial charge in [0.25, 0.3) is 0 Å². The number of aromatic nitrogens is 5. The number of hydrogen-bond donors (Lipinski definition) is 1. The molecule has 3 heterocycles. The van der Waals surface area contributed by atoms with Crippen molar-refractivity contribution in [3.63, 3.8) is 0 Å². The quantitative estimate of drug-likeness (QED) is 0.268. The summed E-state index contributed by atoms with van der Waals surface area (Å²) in [5.74, 6) is -1.08. The van der Waals surface area contributed by atoms with Gasteiger partial charge < -0.3 is 10.1 Å². The molecule has 2 aromatic carbocycles. The summed E-state index contributed by atoms with van der Waals surface area (Å²) in [6, 6.07) is 10.6. The Labute approximate surface area is 236 Å². The molecule has 0 aliphatic rings. The zero-order chi connectivity index (χ0) is 29.4. The summed E-state index contributed by atoms with van der Waals surface area (Å²) in [7, 11) is -3.73. The highest BCUT2D eigenvalue weighted by Gasteiger charge is 2.20. The minimum Gasteiger partial charge on any atom is -0.453 e. The van der Waals surface area contributed by atoms with Gasteiger partial charge in [-0.3, -0.25) is 19.1 Å². The van der Waals surface area contributed by atoms with Crippen LogP contribution in [0.3, 0.4) is 0 Å². The number of amides is 1. The molecule has 0 saturated heterocycles. The molecule has 0 atom stereocenters. The third-order valence-electron chi connectivity index (χ3n) is 6.31. The van der Waals surface area contributed by atoms with E-state index >= 15 is 4.39 Å². The van der Waals surface area contributed by atoms with Gasteiger partial charge in [0.05, 0.1) is 34.3 Å². The molecule has 5 aromatic rings. The number of nitrogens with zero attached hydrogens (tertiary/aromatic N) is 5. The van der Waals surface area contributed by atoms with Crippen LogP contribution in [-0.2, 0) is 32.5 Å². The Kier molecular flexibility index (Phi) is 7.35. The molecule has 0 unspecified atom stereocenters. The number of carbonyl (C=O) groups excluding carboxylic acids is 1. The largest absolute Gasteiger partial charge is 0.453 e. The van der Waals surface area contributed by atoms with E-state index < -0.39 is 15.7 Å². The average Bonchev–Trinajstić information content (AvgIpc) is 3.58. The molecule has 10 nitrogen and oxygen atoms in total. The molecular formula is C29H29FN6O4S. The number of ether oxygens (including phenoxy) is 1. The standard InChI is InChI=1S/C29H29FN6O4S/c1-19-12-20(14-27(37)34-21-16-33-36(17-21)29(2,3)4)13-24(30)28(19)40-26-8-10-31-25-7-6-22(15-23(25)26)41(38,39)18-35-11-5-9-32-35/h5-13,15-17H,14,18H2,1-4H3,(H,34,37). The Morgan fingerprint density at radius 3 is 2.59 bits per heavy atom. The van der Waals surface area contributed by atoms with Crippen molar-refractivity contribution in [1.82, 2.24) is 24.5 Å². The van der Waals surface area contributed by atoms with Crippen LogP contribution in [0.1, 0.15) is 31.9 Å². The Morgan fingerprint density at radius 1 is 1.10 bits per heavy atom. The van der Waals surface area contributed by atoms with Gasteiger partial charge in [-0.1, -0.05) is 6.07 Å². The zero-order valence-electron chi connectivity index (χ0n) is 23.0. The minimum absolute atomic E-state index is 0.0297. The van der Waals surface area contributed by atoms with Crippen molar-refractivity contribution in [2.45, 2.75) is 50.4 Å². The van der Waals surface area contributed by atoms with Gasteiger partial charge in [-0.05, 0) is 75.2 Å². The molecule has 0 saturated carbocycles. The number of hydrogen-bond acceptors (Lipinski definition) is 7. The maximum atomic E-state index is 15.3. The second-order valence-corrected chi connectivity index (χ2v) is 12.6. The van der Waals surface area contributed by atoms with E-state index in [1.807, 2.05) is 20.8 Å². The molecule has 5 rings (SSSR count). The second kappa shape index (κ2) is 10.8. The van der Waals surface area contributed by atoms with Crippen LogP contribution in [-0.4, -0.2) is 38.9 Å². The normalized spacial score (nSPS) is 12.0. The van der Waals surface area contributed by atoms with E-state index in [0.29, 0.717) is 27.7 Å². The highest BCUT2D eigenvalue weighted by Crippen LogP contribution is 2.34. The highest BCUT2D eigenvalue weighted by atomic mass is 32.2. The number of halogens is 1. The number of fused-ring (bicyclic) bond motifs is 1. The number of benzene rings is 2. The molecule has 0 aliphatic heterocycles. The third kappa shape index (κ3) is 6.27. The van der Waals surface area contributed by atoms with Crippen molar-refractivity contribution in [3.8, 4) is 11.5 Å². The zero-order valence-corrected chi connectivity index (χ0v) is 23.8. The number of rotatable bonds is 8. The van der Waals surface area contributed by atoms with Crippen molar-refractivity contribution >= 4 is 32.3 Å². The fourth-order valence-electron chi connectivity index (χ4n) is 4.30. The van der Waals surface area contributed by atoms with E-state index in [9.17, 15) is 13.2 Å². The lowest BCUT2D eigenvalue weighted by molar-refractivity contribution is -0.115. The van der Waals surface area contributed by atoms with Crippen LogP contribution in [0, 0.1) is 12.7 Å². The first kappa shape index (κ1) is 28.0. The smallest absolute Gasteiger partial charge is 0.228 e. The fourth-order valence-corrected chi connectivity index (χ4v) is 5.52. The number of anilines is 1. The summed E-state index contributed by atoms with van der Waals surface area (Å²) in [6.45, 7) is 7.67. The summed E-state index contributed by atoms with van der Waals surface area (Å²) in [5, 5.41) is 11.4. The van der Waals surface area contributed by atoms with Crippen molar-refractivity contribution in [3.05, 3.63) is 90.4 Å². The molecule has 0 radical (unpaired) electrons. The van der Waals surface area contributed by atoms with E-state index in [0.717, 1.165) is 0 Å². The minimum atomic E-state index is -3.73. The monoisotopic (exact) mass is 576 g/mol. The van der Waals surface area contributed by atoms with Crippen LogP contribution < -0.4 is 10.1 Å². The maximum Gasteiger partial charge on any atom is 0.228 e. The summed E-state index contributed by atoms with van der Waals surface area (Å²) >= 11 is 0. The molecule has 0 aliphatic carbocycles. The number of pyridine rings is 1. The predicted octanol–water partition coefficient (Wildman–Crippen LogP) is 5.24. The van der Waals surface area contributed by atoms with Crippen molar-refractivity contribution in [2.75, 3.05) is 5.32 Å². The van der Waals surface area contributed by atoms with Gasteiger partial charge in [0.2, 0.25) is 5.91 Å². The molecule has 41 heavy (non-hydrogen) atoms. The molecule has 0 spiro atoms. The van der Waals surface area contributed by atoms with Gasteiger partial charge in [0.1, 0.15) is 11.6 Å². The third-order valence-corrected chi connectivity index (χ3v) is 7.89. The second-order valence-electron chi connectivity index (χ2n) is 10.7. The van der Waals surface area contributed by atoms with Crippen LogP contribution in [0.2, 0.25) is 0 Å². The van der Waals surface area contributed by atoms with Gasteiger partial charge in [-0.15, -0.1) is 0 Å². The fraction of sp³-hybridized carbons (Fsp3) is 0.241. The number of carbonyl (C=O) groups is 1. The summed E-state index contributed by atoms with van der Waals surface area (Å²) in [6.07, 6.45) is 7.83. The Morgan fingerprint density at radius 2 is 1.90 bits per heavy atom. The molecule has 0 bridgehead atoms. The van der Waals surface area contributed by atoms with Crippen molar-refractivity contribution < 1.29 is 22.3 Å². The molecule has 1 N–H and O–H groups in total. The van der Waals surface area contributed by atoms with E-state index in [2.05, 4.69) is 20.5 Å². The molecule has 0 fully saturated rings. The molecule has 212 valence electrons. The summed E-state index contributed by atoms with van der Waals surface area (Å²) < 4.78 is 50.3. The van der Waals surface area contributed by atoms with Gasteiger partial charge in [-0.25, -0.2) is 12.8 Å². The van der Waals surface area contributed by atoms with Crippen LogP contribution >= 0.6 is 0 Å². The van der Waals surface area contributed by atoms with Gasteiger partial charge in [0.15, 0.2) is 21.4 Å². The molecule has 12 heteroatoms. The van der Waals surface area contributed by atoms with Crippen LogP contribution in [0.15, 0.2) is 78.3 Å². The van der Waals surface area contributed by atoms with E-state index in [4.69, 9.17) is 4.74 Å². The Bertz CT molecular complexity index is 1820. The number of sulfone groups is 1. The Hall–Kier alpha value is -4.58. The van der Waals surface area contributed by atoms with E-state index in [-0.39, 0.29) is 40.1 Å². The highest BCUT2D eigenvalue weighted by molar-refractivity contribution is 7.90. The Balaban J connectivity index is 1.36. The summed E-state index contributed by atoms with van der Waals surface area (Å²) in [5.41, 5.74) is 1.76. The topological polar surface area (TPSA) is 121 Å².